The summed E-state index contributed by atoms with van der Waals surface area (Å²) in [5, 5.41) is 5.12. The van der Waals surface area contributed by atoms with Gasteiger partial charge in [0.2, 0.25) is 0 Å². The number of halogens is 1. The van der Waals surface area contributed by atoms with Gasteiger partial charge in [-0.3, -0.25) is 0 Å². The van der Waals surface area contributed by atoms with E-state index in [9.17, 15) is 14.0 Å². The number of rotatable bonds is 4. The second kappa shape index (κ2) is 7.00. The summed E-state index contributed by atoms with van der Waals surface area (Å²) in [4.78, 5) is 24.3. The van der Waals surface area contributed by atoms with Crippen molar-refractivity contribution in [3.63, 3.8) is 0 Å². The van der Waals surface area contributed by atoms with Gasteiger partial charge in [-0.1, -0.05) is 18.2 Å². The Labute approximate surface area is 139 Å². The van der Waals surface area contributed by atoms with Gasteiger partial charge in [0.15, 0.2) is 0 Å². The summed E-state index contributed by atoms with van der Waals surface area (Å²) in [6, 6.07) is 4.64. The van der Waals surface area contributed by atoms with Gasteiger partial charge >= 0.3 is 12.0 Å². The zero-order chi connectivity index (χ0) is 17.1. The van der Waals surface area contributed by atoms with Crippen molar-refractivity contribution >= 4 is 12.0 Å². The maximum absolute atomic E-state index is 14.1. The second-order valence-corrected chi connectivity index (χ2v) is 5.83. The lowest BCUT2D eigenvalue weighted by Gasteiger charge is -2.28. The lowest BCUT2D eigenvalue weighted by atomic mass is 9.95. The summed E-state index contributed by atoms with van der Waals surface area (Å²) < 4.78 is 24.9. The van der Waals surface area contributed by atoms with Crippen LogP contribution >= 0.6 is 0 Å². The Kier molecular flexibility index (Phi) is 4.80. The molecule has 1 aromatic carbocycles. The van der Waals surface area contributed by atoms with Gasteiger partial charge in [-0.15, -0.1) is 0 Å². The summed E-state index contributed by atoms with van der Waals surface area (Å²) >= 11 is 0. The first-order chi connectivity index (χ1) is 11.6. The van der Waals surface area contributed by atoms with Crippen LogP contribution in [0.2, 0.25) is 0 Å². The van der Waals surface area contributed by atoms with E-state index in [1.54, 1.807) is 19.1 Å². The molecule has 7 heteroatoms. The monoisotopic (exact) mass is 334 g/mol. The van der Waals surface area contributed by atoms with E-state index in [2.05, 4.69) is 10.6 Å². The molecule has 1 saturated heterocycles. The third kappa shape index (κ3) is 3.41. The van der Waals surface area contributed by atoms with Crippen molar-refractivity contribution in [3.05, 3.63) is 46.9 Å². The highest BCUT2D eigenvalue weighted by Crippen LogP contribution is 2.29. The Morgan fingerprint density at radius 1 is 1.42 bits per heavy atom. The number of allylic oxidation sites excluding steroid dienone is 1. The van der Waals surface area contributed by atoms with Crippen LogP contribution in [0.4, 0.5) is 9.18 Å². The molecule has 24 heavy (non-hydrogen) atoms. The zero-order valence-electron chi connectivity index (χ0n) is 13.3. The van der Waals surface area contributed by atoms with Crippen molar-refractivity contribution in [1.29, 1.82) is 0 Å². The standard InChI is InChI=1S/C17H19FN2O4/c1-10-14(16(21)24-9-11-5-4-8-23-11)15(20-17(22)19-10)12-6-2-3-7-13(12)18/h2-3,6-7,11,15H,4-5,8-9H2,1H3,(H2,19,20,22). The molecule has 0 bridgehead atoms. The number of hydrogen-bond donors (Lipinski definition) is 2. The van der Waals surface area contributed by atoms with E-state index in [0.717, 1.165) is 12.8 Å². The average Bonchev–Trinajstić information content (AvgIpc) is 3.06. The lowest BCUT2D eigenvalue weighted by molar-refractivity contribution is -0.142. The van der Waals surface area contributed by atoms with Crippen molar-refractivity contribution in [2.75, 3.05) is 13.2 Å². The van der Waals surface area contributed by atoms with Gasteiger partial charge in [0.25, 0.3) is 0 Å². The number of nitrogens with one attached hydrogen (secondary N) is 2. The highest BCUT2D eigenvalue weighted by Gasteiger charge is 2.34. The number of urea groups is 1. The molecular formula is C17H19FN2O4. The van der Waals surface area contributed by atoms with E-state index in [1.807, 2.05) is 0 Å². The molecule has 128 valence electrons. The summed E-state index contributed by atoms with van der Waals surface area (Å²) in [7, 11) is 0. The van der Waals surface area contributed by atoms with Crippen molar-refractivity contribution in [1.82, 2.24) is 10.6 Å². The molecule has 0 aliphatic carbocycles. The molecule has 2 aliphatic rings. The largest absolute Gasteiger partial charge is 0.459 e. The number of esters is 1. The van der Waals surface area contributed by atoms with Crippen LogP contribution in [-0.2, 0) is 14.3 Å². The van der Waals surface area contributed by atoms with Crippen LogP contribution in [0.25, 0.3) is 0 Å². The summed E-state index contributed by atoms with van der Waals surface area (Å²) in [6.45, 7) is 2.40. The molecule has 6 nitrogen and oxygen atoms in total. The Morgan fingerprint density at radius 2 is 2.21 bits per heavy atom. The topological polar surface area (TPSA) is 76.7 Å². The van der Waals surface area contributed by atoms with Gasteiger partial charge in [-0.2, -0.15) is 0 Å². The van der Waals surface area contributed by atoms with Gasteiger partial charge in [-0.25, -0.2) is 14.0 Å². The molecule has 2 N–H and O–H groups in total. The lowest BCUT2D eigenvalue weighted by Crippen LogP contribution is -2.45. The number of benzene rings is 1. The highest BCUT2D eigenvalue weighted by atomic mass is 19.1. The van der Waals surface area contributed by atoms with Crippen LogP contribution in [0.3, 0.4) is 0 Å². The first-order valence-corrected chi connectivity index (χ1v) is 7.87. The molecule has 2 heterocycles. The van der Waals surface area contributed by atoms with E-state index in [1.165, 1.54) is 12.1 Å². The molecule has 2 amide bonds. The number of amides is 2. The molecule has 0 radical (unpaired) electrons. The van der Waals surface area contributed by atoms with Crippen LogP contribution in [0.1, 0.15) is 31.4 Å². The minimum atomic E-state index is -0.892. The molecule has 2 aliphatic heterocycles. The molecule has 0 saturated carbocycles. The molecule has 2 unspecified atom stereocenters. The predicted molar refractivity (Wildman–Crippen MR) is 83.4 cm³/mol. The number of ether oxygens (including phenoxy) is 2. The Bertz CT molecular complexity index is 683. The molecule has 3 rings (SSSR count). The van der Waals surface area contributed by atoms with Crippen LogP contribution in [0, 0.1) is 5.82 Å². The van der Waals surface area contributed by atoms with Gasteiger partial charge in [-0.05, 0) is 25.8 Å². The molecule has 0 spiro atoms. The molecule has 1 aromatic rings. The maximum atomic E-state index is 14.1. The summed E-state index contributed by atoms with van der Waals surface area (Å²) in [6.07, 6.45) is 1.68. The average molecular weight is 334 g/mol. The van der Waals surface area contributed by atoms with Crippen molar-refractivity contribution in [3.8, 4) is 0 Å². The SMILES string of the molecule is CC1=C(C(=O)OCC2CCCO2)C(c2ccccc2F)NC(=O)N1. The van der Waals surface area contributed by atoms with Gasteiger partial charge < -0.3 is 20.1 Å². The van der Waals surface area contributed by atoms with E-state index in [0.29, 0.717) is 12.3 Å². The summed E-state index contributed by atoms with van der Waals surface area (Å²) in [5.74, 6) is -1.09. The Morgan fingerprint density at radius 3 is 2.92 bits per heavy atom. The minimum absolute atomic E-state index is 0.104. The van der Waals surface area contributed by atoms with E-state index in [4.69, 9.17) is 9.47 Å². The van der Waals surface area contributed by atoms with Crippen LogP contribution in [0.5, 0.6) is 0 Å². The molecule has 0 aromatic heterocycles. The van der Waals surface area contributed by atoms with Crippen LogP contribution in [-0.4, -0.2) is 31.3 Å². The molecule has 1 fully saturated rings. The van der Waals surface area contributed by atoms with Crippen molar-refractivity contribution in [2.45, 2.75) is 31.9 Å². The highest BCUT2D eigenvalue weighted by molar-refractivity contribution is 5.95. The van der Waals surface area contributed by atoms with Gasteiger partial charge in [0.1, 0.15) is 12.4 Å². The van der Waals surface area contributed by atoms with Gasteiger partial charge in [0, 0.05) is 17.9 Å². The van der Waals surface area contributed by atoms with Crippen molar-refractivity contribution < 1.29 is 23.5 Å². The number of carbonyl (C=O) groups excluding carboxylic acids is 2. The fraction of sp³-hybridized carbons (Fsp3) is 0.412. The van der Waals surface area contributed by atoms with Crippen LogP contribution in [0.15, 0.2) is 35.5 Å². The summed E-state index contributed by atoms with van der Waals surface area (Å²) in [5.41, 5.74) is 0.762. The number of carbonyl (C=O) groups is 2. The minimum Gasteiger partial charge on any atom is -0.459 e. The number of hydrogen-bond acceptors (Lipinski definition) is 4. The van der Waals surface area contributed by atoms with Crippen LogP contribution < -0.4 is 10.6 Å². The van der Waals surface area contributed by atoms with Gasteiger partial charge in [0.05, 0.1) is 17.7 Å². The normalized spacial score (nSPS) is 23.7. The smallest absolute Gasteiger partial charge is 0.338 e. The predicted octanol–water partition coefficient (Wildman–Crippen LogP) is 2.18. The first kappa shape index (κ1) is 16.4. The third-order valence-corrected chi connectivity index (χ3v) is 4.13. The quantitative estimate of drug-likeness (QED) is 0.828. The van der Waals surface area contributed by atoms with Crippen molar-refractivity contribution in [2.24, 2.45) is 0 Å². The maximum Gasteiger partial charge on any atom is 0.338 e. The van der Waals surface area contributed by atoms with E-state index < -0.39 is 23.9 Å². The molecular weight excluding hydrogens is 315 g/mol. The second-order valence-electron chi connectivity index (χ2n) is 5.83. The Balaban J connectivity index is 1.83. The van der Waals surface area contributed by atoms with E-state index >= 15 is 0 Å². The van der Waals surface area contributed by atoms with E-state index in [-0.39, 0.29) is 23.8 Å². The fourth-order valence-corrected chi connectivity index (χ4v) is 2.93. The first-order valence-electron chi connectivity index (χ1n) is 7.87. The third-order valence-electron chi connectivity index (χ3n) is 4.13. The fourth-order valence-electron chi connectivity index (χ4n) is 2.93. The molecule has 2 atom stereocenters. The Hall–Kier alpha value is -2.41. The zero-order valence-corrected chi connectivity index (χ0v) is 13.3.